The summed E-state index contributed by atoms with van der Waals surface area (Å²) in [5.41, 5.74) is 1.91. The molecule has 0 fully saturated rings. The Kier molecular flexibility index (Phi) is 8.82. The highest BCUT2D eigenvalue weighted by molar-refractivity contribution is 7.99. The van der Waals surface area contributed by atoms with E-state index >= 15 is 0 Å². The number of aliphatic carboxylic acids is 1. The fraction of sp³-hybridized carbons (Fsp3) is 0.438. The molecule has 1 aromatic carbocycles. The van der Waals surface area contributed by atoms with E-state index in [1.807, 2.05) is 31.2 Å². The number of rotatable bonds is 10. The van der Waals surface area contributed by atoms with Crippen LogP contribution in [0.1, 0.15) is 24.8 Å². The van der Waals surface area contributed by atoms with Crippen molar-refractivity contribution in [2.75, 3.05) is 23.4 Å². The number of thioether (sulfide) groups is 1. The van der Waals surface area contributed by atoms with Gasteiger partial charge in [-0.3, -0.25) is 14.4 Å². The number of hydrogen-bond donors (Lipinski definition) is 3. The molecule has 0 radical (unpaired) electrons. The summed E-state index contributed by atoms with van der Waals surface area (Å²) in [6, 6.07) is 7.59. The molecule has 2 amide bonds. The van der Waals surface area contributed by atoms with Gasteiger partial charge in [-0.2, -0.15) is 11.8 Å². The SMILES string of the molecule is Cc1ccc(NC(=O)CSCCCC(=O)NCCC(=O)O)cc1. The first kappa shape index (κ1) is 19.0. The molecule has 0 saturated carbocycles. The summed E-state index contributed by atoms with van der Waals surface area (Å²) in [5, 5.41) is 13.8. The number of anilines is 1. The standard InChI is InChI=1S/C16H22N2O4S/c1-12-4-6-13(7-5-12)18-15(20)11-23-10-2-3-14(19)17-9-8-16(21)22/h4-7H,2-3,8-11H2,1H3,(H,17,19)(H,18,20)(H,21,22). The van der Waals surface area contributed by atoms with Crippen molar-refractivity contribution in [1.29, 1.82) is 0 Å². The highest BCUT2D eigenvalue weighted by Crippen LogP contribution is 2.10. The van der Waals surface area contributed by atoms with Crippen LogP contribution < -0.4 is 10.6 Å². The summed E-state index contributed by atoms with van der Waals surface area (Å²) in [6.07, 6.45) is 0.924. The molecule has 23 heavy (non-hydrogen) atoms. The average Bonchev–Trinajstić information content (AvgIpc) is 2.49. The second-order valence-electron chi connectivity index (χ2n) is 5.06. The molecule has 1 rings (SSSR count). The molecule has 0 bridgehead atoms. The van der Waals surface area contributed by atoms with Crippen LogP contribution in [0.15, 0.2) is 24.3 Å². The highest BCUT2D eigenvalue weighted by Gasteiger charge is 2.05. The second-order valence-corrected chi connectivity index (χ2v) is 6.17. The van der Waals surface area contributed by atoms with Gasteiger partial charge < -0.3 is 15.7 Å². The third kappa shape index (κ3) is 9.57. The van der Waals surface area contributed by atoms with Crippen molar-refractivity contribution in [1.82, 2.24) is 5.32 Å². The zero-order chi connectivity index (χ0) is 17.1. The molecule has 0 saturated heterocycles. The minimum absolute atomic E-state index is 0.0650. The molecule has 0 heterocycles. The van der Waals surface area contributed by atoms with Crippen molar-refractivity contribution in [3.63, 3.8) is 0 Å². The lowest BCUT2D eigenvalue weighted by Crippen LogP contribution is -2.25. The minimum Gasteiger partial charge on any atom is -0.481 e. The van der Waals surface area contributed by atoms with E-state index < -0.39 is 5.97 Å². The van der Waals surface area contributed by atoms with Crippen LogP contribution in [0.5, 0.6) is 0 Å². The molecular weight excluding hydrogens is 316 g/mol. The van der Waals surface area contributed by atoms with E-state index in [0.29, 0.717) is 24.3 Å². The van der Waals surface area contributed by atoms with E-state index in [1.54, 1.807) is 0 Å². The van der Waals surface area contributed by atoms with Crippen LogP contribution in [0.4, 0.5) is 5.69 Å². The largest absolute Gasteiger partial charge is 0.481 e. The van der Waals surface area contributed by atoms with Crippen LogP contribution >= 0.6 is 11.8 Å². The Hall–Kier alpha value is -2.02. The number of carboxylic acids is 1. The first-order valence-electron chi connectivity index (χ1n) is 7.40. The molecule has 1 aromatic rings. The third-order valence-electron chi connectivity index (χ3n) is 2.92. The highest BCUT2D eigenvalue weighted by atomic mass is 32.2. The van der Waals surface area contributed by atoms with E-state index in [-0.39, 0.29) is 24.8 Å². The van der Waals surface area contributed by atoms with Crippen LogP contribution in [-0.2, 0) is 14.4 Å². The van der Waals surface area contributed by atoms with Gasteiger partial charge in [0.2, 0.25) is 11.8 Å². The average molecular weight is 338 g/mol. The summed E-state index contributed by atoms with van der Waals surface area (Å²) in [5.74, 6) is -0.108. The maximum atomic E-state index is 11.7. The van der Waals surface area contributed by atoms with Gasteiger partial charge in [0.1, 0.15) is 0 Å². The van der Waals surface area contributed by atoms with Crippen molar-refractivity contribution >= 4 is 35.2 Å². The minimum atomic E-state index is -0.930. The van der Waals surface area contributed by atoms with Gasteiger partial charge in [0.05, 0.1) is 12.2 Å². The van der Waals surface area contributed by atoms with E-state index in [2.05, 4.69) is 10.6 Å². The Morgan fingerprint density at radius 1 is 1.09 bits per heavy atom. The Labute approximate surface area is 140 Å². The van der Waals surface area contributed by atoms with Gasteiger partial charge in [-0.25, -0.2) is 0 Å². The smallest absolute Gasteiger partial charge is 0.305 e. The summed E-state index contributed by atoms with van der Waals surface area (Å²) < 4.78 is 0. The van der Waals surface area contributed by atoms with Crippen molar-refractivity contribution < 1.29 is 19.5 Å². The Balaban J connectivity index is 2.05. The van der Waals surface area contributed by atoms with Crippen LogP contribution in [0.2, 0.25) is 0 Å². The number of aryl methyl sites for hydroxylation is 1. The van der Waals surface area contributed by atoms with E-state index in [1.165, 1.54) is 11.8 Å². The second kappa shape index (κ2) is 10.7. The number of carbonyl (C=O) groups is 3. The lowest BCUT2D eigenvalue weighted by molar-refractivity contribution is -0.137. The van der Waals surface area contributed by atoms with Gasteiger partial charge in [-0.15, -0.1) is 0 Å². The van der Waals surface area contributed by atoms with Crippen molar-refractivity contribution in [3.05, 3.63) is 29.8 Å². The van der Waals surface area contributed by atoms with Crippen LogP contribution in [-0.4, -0.2) is 40.9 Å². The lowest BCUT2D eigenvalue weighted by Gasteiger charge is -2.06. The molecule has 3 N–H and O–H groups in total. The molecule has 0 unspecified atom stereocenters. The fourth-order valence-corrected chi connectivity index (χ4v) is 2.48. The van der Waals surface area contributed by atoms with Gasteiger partial charge in [0.25, 0.3) is 0 Å². The molecule has 0 aliphatic carbocycles. The molecule has 0 spiro atoms. The van der Waals surface area contributed by atoms with Crippen LogP contribution in [0, 0.1) is 6.92 Å². The van der Waals surface area contributed by atoms with Crippen molar-refractivity contribution in [2.24, 2.45) is 0 Å². The van der Waals surface area contributed by atoms with Crippen molar-refractivity contribution in [2.45, 2.75) is 26.2 Å². The van der Waals surface area contributed by atoms with Gasteiger partial charge in [-0.1, -0.05) is 17.7 Å². The number of nitrogens with one attached hydrogen (secondary N) is 2. The predicted molar refractivity (Wildman–Crippen MR) is 91.6 cm³/mol. The molecule has 0 aliphatic rings. The Bertz CT molecular complexity index is 531. The summed E-state index contributed by atoms with van der Waals surface area (Å²) in [4.78, 5) is 33.4. The Morgan fingerprint density at radius 2 is 1.78 bits per heavy atom. The zero-order valence-corrected chi connectivity index (χ0v) is 13.9. The number of carbonyl (C=O) groups excluding carboxylic acids is 2. The number of carboxylic acid groups (broad SMARTS) is 1. The zero-order valence-electron chi connectivity index (χ0n) is 13.1. The number of benzene rings is 1. The maximum absolute atomic E-state index is 11.7. The summed E-state index contributed by atoms with van der Waals surface area (Å²) >= 11 is 1.47. The third-order valence-corrected chi connectivity index (χ3v) is 3.97. The van der Waals surface area contributed by atoms with Gasteiger partial charge in [0.15, 0.2) is 0 Å². The predicted octanol–water partition coefficient (Wildman–Crippen LogP) is 2.04. The molecule has 126 valence electrons. The van der Waals surface area contributed by atoms with E-state index in [9.17, 15) is 14.4 Å². The van der Waals surface area contributed by atoms with E-state index in [0.717, 1.165) is 11.3 Å². The van der Waals surface area contributed by atoms with Gasteiger partial charge in [-0.05, 0) is 31.2 Å². The molecule has 6 nitrogen and oxygen atoms in total. The van der Waals surface area contributed by atoms with Crippen LogP contribution in [0.3, 0.4) is 0 Å². The summed E-state index contributed by atoms with van der Waals surface area (Å²) in [6.45, 7) is 2.14. The molecule has 0 aliphatic heterocycles. The molecular formula is C16H22N2O4S. The molecule has 0 atom stereocenters. The topological polar surface area (TPSA) is 95.5 Å². The van der Waals surface area contributed by atoms with Gasteiger partial charge >= 0.3 is 5.97 Å². The summed E-state index contributed by atoms with van der Waals surface area (Å²) in [7, 11) is 0. The lowest BCUT2D eigenvalue weighted by atomic mass is 10.2. The fourth-order valence-electron chi connectivity index (χ4n) is 1.73. The maximum Gasteiger partial charge on any atom is 0.305 e. The number of hydrogen-bond acceptors (Lipinski definition) is 4. The van der Waals surface area contributed by atoms with Gasteiger partial charge in [0, 0.05) is 18.7 Å². The van der Waals surface area contributed by atoms with E-state index in [4.69, 9.17) is 5.11 Å². The first-order chi connectivity index (χ1) is 11.0. The first-order valence-corrected chi connectivity index (χ1v) is 8.55. The normalized spacial score (nSPS) is 10.1. The van der Waals surface area contributed by atoms with Crippen molar-refractivity contribution in [3.8, 4) is 0 Å². The monoisotopic (exact) mass is 338 g/mol. The van der Waals surface area contributed by atoms with Crippen LogP contribution in [0.25, 0.3) is 0 Å². The molecule has 0 aromatic heterocycles. The molecule has 7 heteroatoms. The quantitative estimate of drug-likeness (QED) is 0.567. The number of amides is 2. The Morgan fingerprint density at radius 3 is 2.43 bits per heavy atom.